The number of nitrogens with two attached hydrogens (primary N) is 1. The Kier molecular flexibility index (Phi) is 3.88. The summed E-state index contributed by atoms with van der Waals surface area (Å²) in [6.07, 6.45) is 0.207. The van der Waals surface area contributed by atoms with Gasteiger partial charge in [0.25, 0.3) is 0 Å². The van der Waals surface area contributed by atoms with E-state index < -0.39 is 17.2 Å². The minimum Gasteiger partial charge on any atom is -0.321 e. The highest BCUT2D eigenvalue weighted by Crippen LogP contribution is 2.25. The maximum Gasteiger partial charge on any atom is 0.126 e. The summed E-state index contributed by atoms with van der Waals surface area (Å²) in [6, 6.07) is 10.4. The molecule has 0 bridgehead atoms. The van der Waals surface area contributed by atoms with Gasteiger partial charge in [-0.2, -0.15) is 0 Å². The van der Waals surface area contributed by atoms with Gasteiger partial charge in [0.05, 0.1) is 0 Å². The predicted molar refractivity (Wildman–Crippen MR) is 73.1 cm³/mol. The van der Waals surface area contributed by atoms with Crippen LogP contribution in [-0.2, 0) is 12.0 Å². The van der Waals surface area contributed by atoms with Gasteiger partial charge in [0.15, 0.2) is 0 Å². The third-order valence-corrected chi connectivity index (χ3v) is 3.32. The van der Waals surface area contributed by atoms with Crippen molar-refractivity contribution >= 4 is 11.6 Å². The van der Waals surface area contributed by atoms with Gasteiger partial charge in [0.1, 0.15) is 11.6 Å². The summed E-state index contributed by atoms with van der Waals surface area (Å²) in [5.41, 5.74) is 6.50. The molecule has 0 aliphatic carbocycles. The van der Waals surface area contributed by atoms with E-state index in [4.69, 9.17) is 17.3 Å². The van der Waals surface area contributed by atoms with Crippen LogP contribution in [0, 0.1) is 11.6 Å². The van der Waals surface area contributed by atoms with E-state index >= 15 is 0 Å². The summed E-state index contributed by atoms with van der Waals surface area (Å²) < 4.78 is 26.8. The van der Waals surface area contributed by atoms with Crippen LogP contribution in [0.3, 0.4) is 0 Å². The molecular weight excluding hydrogens is 268 g/mol. The summed E-state index contributed by atoms with van der Waals surface area (Å²) in [7, 11) is 0. The van der Waals surface area contributed by atoms with Crippen LogP contribution in [-0.4, -0.2) is 0 Å². The Balaban J connectivity index is 2.30. The average molecular weight is 282 g/mol. The Morgan fingerprint density at radius 2 is 1.74 bits per heavy atom. The number of benzene rings is 2. The van der Waals surface area contributed by atoms with Crippen molar-refractivity contribution in [1.29, 1.82) is 0 Å². The second-order valence-corrected chi connectivity index (χ2v) is 5.27. The lowest BCUT2D eigenvalue weighted by Crippen LogP contribution is -2.35. The Bertz CT molecular complexity index is 579. The van der Waals surface area contributed by atoms with Gasteiger partial charge in [-0.3, -0.25) is 0 Å². The Morgan fingerprint density at radius 3 is 2.37 bits per heavy atom. The fourth-order valence-corrected chi connectivity index (χ4v) is 2.13. The molecule has 0 aliphatic heterocycles. The third-order valence-electron chi connectivity index (χ3n) is 3.07. The molecule has 2 rings (SSSR count). The SMILES string of the molecule is CC(N)(Cc1cc(F)ccc1F)c1ccc(Cl)cc1. The number of hydrogen-bond donors (Lipinski definition) is 1. The molecule has 100 valence electrons. The van der Waals surface area contributed by atoms with Crippen molar-refractivity contribution in [2.75, 3.05) is 0 Å². The fourth-order valence-electron chi connectivity index (χ4n) is 2.01. The first-order valence-corrected chi connectivity index (χ1v) is 6.25. The largest absolute Gasteiger partial charge is 0.321 e. The second kappa shape index (κ2) is 5.27. The zero-order chi connectivity index (χ0) is 14.0. The van der Waals surface area contributed by atoms with E-state index in [9.17, 15) is 8.78 Å². The zero-order valence-corrected chi connectivity index (χ0v) is 11.2. The van der Waals surface area contributed by atoms with E-state index in [1.807, 2.05) is 0 Å². The number of hydrogen-bond acceptors (Lipinski definition) is 1. The van der Waals surface area contributed by atoms with Crippen LogP contribution in [0.2, 0.25) is 5.02 Å². The van der Waals surface area contributed by atoms with Crippen molar-refractivity contribution in [3.63, 3.8) is 0 Å². The highest BCUT2D eigenvalue weighted by molar-refractivity contribution is 6.30. The van der Waals surface area contributed by atoms with Crippen molar-refractivity contribution in [2.24, 2.45) is 5.73 Å². The van der Waals surface area contributed by atoms with Crippen molar-refractivity contribution in [2.45, 2.75) is 18.9 Å². The molecule has 0 heterocycles. The van der Waals surface area contributed by atoms with Gasteiger partial charge >= 0.3 is 0 Å². The second-order valence-electron chi connectivity index (χ2n) is 4.84. The van der Waals surface area contributed by atoms with Crippen LogP contribution < -0.4 is 5.73 Å². The number of rotatable bonds is 3. The van der Waals surface area contributed by atoms with Gasteiger partial charge in [-0.25, -0.2) is 8.78 Å². The molecule has 1 unspecified atom stereocenters. The summed E-state index contributed by atoms with van der Waals surface area (Å²) in [5.74, 6) is -0.921. The third kappa shape index (κ3) is 3.31. The van der Waals surface area contributed by atoms with Gasteiger partial charge in [0, 0.05) is 10.6 Å². The first kappa shape index (κ1) is 14.0. The van der Waals surface area contributed by atoms with E-state index in [-0.39, 0.29) is 12.0 Å². The smallest absolute Gasteiger partial charge is 0.126 e. The molecule has 0 amide bonds. The first-order valence-electron chi connectivity index (χ1n) is 5.87. The topological polar surface area (TPSA) is 26.0 Å². The molecule has 0 aromatic heterocycles. The molecule has 19 heavy (non-hydrogen) atoms. The normalized spacial score (nSPS) is 14.2. The molecule has 4 heteroatoms. The molecular formula is C15H14ClF2N. The van der Waals surface area contributed by atoms with E-state index in [1.54, 1.807) is 31.2 Å². The minimum atomic E-state index is -0.792. The molecule has 1 atom stereocenters. The van der Waals surface area contributed by atoms with E-state index in [2.05, 4.69) is 0 Å². The van der Waals surface area contributed by atoms with Crippen LogP contribution in [0.25, 0.3) is 0 Å². The van der Waals surface area contributed by atoms with Crippen LogP contribution in [0.5, 0.6) is 0 Å². The van der Waals surface area contributed by atoms with E-state index in [1.165, 1.54) is 6.07 Å². The van der Waals surface area contributed by atoms with Crippen molar-refractivity contribution in [1.82, 2.24) is 0 Å². The molecule has 2 aromatic carbocycles. The molecule has 0 fully saturated rings. The summed E-state index contributed by atoms with van der Waals surface area (Å²) in [6.45, 7) is 1.78. The average Bonchev–Trinajstić information content (AvgIpc) is 2.34. The van der Waals surface area contributed by atoms with E-state index in [0.29, 0.717) is 5.02 Å². The lowest BCUT2D eigenvalue weighted by molar-refractivity contribution is 0.472. The Hall–Kier alpha value is -1.45. The van der Waals surface area contributed by atoms with Crippen LogP contribution >= 0.6 is 11.6 Å². The maximum atomic E-state index is 13.6. The van der Waals surface area contributed by atoms with Crippen molar-refractivity contribution in [3.8, 4) is 0 Å². The highest BCUT2D eigenvalue weighted by Gasteiger charge is 2.23. The molecule has 0 aliphatic rings. The van der Waals surface area contributed by atoms with Crippen LogP contribution in [0.4, 0.5) is 8.78 Å². The molecule has 0 saturated heterocycles. The highest BCUT2D eigenvalue weighted by atomic mass is 35.5. The molecule has 2 aromatic rings. The molecule has 2 N–H and O–H groups in total. The molecule has 0 saturated carbocycles. The van der Waals surface area contributed by atoms with E-state index in [0.717, 1.165) is 17.7 Å². The van der Waals surface area contributed by atoms with Crippen LogP contribution in [0.15, 0.2) is 42.5 Å². The van der Waals surface area contributed by atoms with Crippen molar-refractivity contribution in [3.05, 3.63) is 70.2 Å². The lowest BCUT2D eigenvalue weighted by Gasteiger charge is -2.25. The first-order chi connectivity index (χ1) is 8.88. The zero-order valence-electron chi connectivity index (χ0n) is 10.5. The van der Waals surface area contributed by atoms with Gasteiger partial charge in [-0.1, -0.05) is 23.7 Å². The maximum absolute atomic E-state index is 13.6. The van der Waals surface area contributed by atoms with Gasteiger partial charge in [-0.05, 0) is 54.8 Å². The summed E-state index contributed by atoms with van der Waals surface area (Å²) >= 11 is 5.82. The lowest BCUT2D eigenvalue weighted by atomic mass is 9.86. The number of halogens is 3. The quantitative estimate of drug-likeness (QED) is 0.903. The van der Waals surface area contributed by atoms with Gasteiger partial charge in [-0.15, -0.1) is 0 Å². The summed E-state index contributed by atoms with van der Waals surface area (Å²) in [4.78, 5) is 0. The Labute approximate surface area is 116 Å². The van der Waals surface area contributed by atoms with Crippen molar-refractivity contribution < 1.29 is 8.78 Å². The van der Waals surface area contributed by atoms with Crippen LogP contribution in [0.1, 0.15) is 18.1 Å². The minimum absolute atomic E-state index is 0.207. The molecule has 1 nitrogen and oxygen atoms in total. The molecule has 0 radical (unpaired) electrons. The fraction of sp³-hybridized carbons (Fsp3) is 0.200. The van der Waals surface area contributed by atoms with Gasteiger partial charge in [0.2, 0.25) is 0 Å². The van der Waals surface area contributed by atoms with Gasteiger partial charge < -0.3 is 5.73 Å². The Morgan fingerprint density at radius 1 is 1.11 bits per heavy atom. The monoisotopic (exact) mass is 281 g/mol. The predicted octanol–water partition coefficient (Wildman–Crippen LogP) is 4.03. The standard InChI is InChI=1S/C15H14ClF2N/c1-15(19,11-2-4-12(16)5-3-11)9-10-8-13(17)6-7-14(10)18/h2-8H,9,19H2,1H3. The molecule has 0 spiro atoms. The summed E-state index contributed by atoms with van der Waals surface area (Å²) in [5, 5.41) is 0.608.